The molecule has 0 saturated carbocycles. The second-order valence-electron chi connectivity index (χ2n) is 6.49. The fourth-order valence-electron chi connectivity index (χ4n) is 3.05. The number of halogens is 1. The van der Waals surface area contributed by atoms with Crippen LogP contribution in [-0.2, 0) is 4.74 Å². The molecule has 0 aliphatic carbocycles. The van der Waals surface area contributed by atoms with Gasteiger partial charge in [-0.15, -0.1) is 22.7 Å². The smallest absolute Gasteiger partial charge is 0.206 e. The maximum absolute atomic E-state index is 6.10. The zero-order chi connectivity index (χ0) is 19.2. The molecule has 4 rings (SSSR count). The second-order valence-corrected chi connectivity index (χ2v) is 8.71. The van der Waals surface area contributed by atoms with E-state index >= 15 is 0 Å². The number of benzene rings is 1. The monoisotopic (exact) mass is 433 g/mol. The second kappa shape index (κ2) is 9.62. The maximum Gasteiger partial charge on any atom is 0.206 e. The summed E-state index contributed by atoms with van der Waals surface area (Å²) >= 11 is 9.43. The van der Waals surface area contributed by atoms with Crippen LogP contribution in [0.15, 0.2) is 57.3 Å². The highest BCUT2D eigenvalue weighted by atomic mass is 35.5. The van der Waals surface area contributed by atoms with Gasteiger partial charge >= 0.3 is 0 Å². The predicted octanol–water partition coefficient (Wildman–Crippen LogP) is 2.63. The normalized spacial score (nSPS) is 16.2. The number of ether oxygens (including phenoxy) is 1. The summed E-state index contributed by atoms with van der Waals surface area (Å²) in [5.41, 5.74) is 2.03. The first-order chi connectivity index (χ1) is 13.8. The van der Waals surface area contributed by atoms with Gasteiger partial charge in [0.2, 0.25) is 4.80 Å². The molecule has 1 aliphatic rings. The van der Waals surface area contributed by atoms with Crippen molar-refractivity contribution in [3.05, 3.63) is 62.5 Å². The number of hydrogen-bond donors (Lipinski definition) is 1. The molecular formula is C20H22ClN4OS2+. The van der Waals surface area contributed by atoms with E-state index in [0.29, 0.717) is 5.02 Å². The number of rotatable bonds is 6. The lowest BCUT2D eigenvalue weighted by Gasteiger charge is -2.22. The first kappa shape index (κ1) is 19.5. The Morgan fingerprint density at radius 2 is 2.07 bits per heavy atom. The van der Waals surface area contributed by atoms with Gasteiger partial charge in [-0.3, -0.25) is 4.99 Å². The Balaban J connectivity index is 1.59. The van der Waals surface area contributed by atoms with Crippen LogP contribution in [0, 0.1) is 0 Å². The molecule has 1 aliphatic heterocycles. The van der Waals surface area contributed by atoms with Gasteiger partial charge < -0.3 is 9.64 Å². The number of morpholine rings is 1. The number of nitrogens with one attached hydrogen (secondary N) is 1. The Morgan fingerprint density at radius 3 is 2.86 bits per heavy atom. The molecule has 1 saturated heterocycles. The number of aromatic nitrogens is 1. The lowest BCUT2D eigenvalue weighted by molar-refractivity contribution is -0.906. The number of quaternary nitrogens is 1. The molecule has 3 heterocycles. The third kappa shape index (κ3) is 4.98. The predicted molar refractivity (Wildman–Crippen MR) is 117 cm³/mol. The molecule has 0 amide bonds. The molecule has 8 heteroatoms. The van der Waals surface area contributed by atoms with E-state index in [1.165, 1.54) is 4.88 Å². The van der Waals surface area contributed by atoms with Crippen molar-refractivity contribution in [2.75, 3.05) is 39.4 Å². The zero-order valence-corrected chi connectivity index (χ0v) is 17.8. The average molecular weight is 434 g/mol. The summed E-state index contributed by atoms with van der Waals surface area (Å²) in [7, 11) is 0. The molecule has 0 spiro atoms. The fraction of sp³-hybridized carbons (Fsp3) is 0.300. The van der Waals surface area contributed by atoms with Crippen LogP contribution in [0.5, 0.6) is 0 Å². The van der Waals surface area contributed by atoms with E-state index in [2.05, 4.69) is 22.9 Å². The molecule has 0 unspecified atom stereocenters. The minimum Gasteiger partial charge on any atom is -0.370 e. The van der Waals surface area contributed by atoms with Crippen molar-refractivity contribution in [1.29, 1.82) is 0 Å². The molecule has 146 valence electrons. The Bertz CT molecular complexity index is 988. The van der Waals surface area contributed by atoms with Gasteiger partial charge in [0.05, 0.1) is 43.1 Å². The SMILES string of the molecule is Clc1cccc(/C=N/n2c(-c3cccs3)csc2=NCC[NH+]2CCOCC2)c1. The fourth-order valence-corrected chi connectivity index (χ4v) is 4.90. The summed E-state index contributed by atoms with van der Waals surface area (Å²) in [4.78, 5) is 8.49. The van der Waals surface area contributed by atoms with Gasteiger partial charge in [-0.25, -0.2) is 4.68 Å². The minimum absolute atomic E-state index is 0.705. The first-order valence-electron chi connectivity index (χ1n) is 9.26. The van der Waals surface area contributed by atoms with Crippen molar-refractivity contribution in [2.24, 2.45) is 10.1 Å². The average Bonchev–Trinajstić information content (AvgIpc) is 3.37. The van der Waals surface area contributed by atoms with Crippen LogP contribution in [0.2, 0.25) is 5.02 Å². The summed E-state index contributed by atoms with van der Waals surface area (Å²) in [5.74, 6) is 0. The quantitative estimate of drug-likeness (QED) is 0.597. The number of thiophene rings is 1. The summed E-state index contributed by atoms with van der Waals surface area (Å²) in [5, 5.41) is 9.64. The Labute approximate surface area is 177 Å². The molecule has 3 aromatic rings. The van der Waals surface area contributed by atoms with Gasteiger partial charge in [-0.1, -0.05) is 29.8 Å². The molecule has 1 fully saturated rings. The highest BCUT2D eigenvalue weighted by Crippen LogP contribution is 2.25. The molecule has 0 atom stereocenters. The summed E-state index contributed by atoms with van der Waals surface area (Å²) < 4.78 is 7.37. The standard InChI is InChI=1S/C20H21ClN4OS2/c21-17-4-1-3-16(13-17)14-23-25-18(19-5-2-12-27-19)15-28-20(25)22-6-7-24-8-10-26-11-9-24/h1-5,12-15H,6-11H2/p+1/b22-20?,23-14+. The van der Waals surface area contributed by atoms with Crippen LogP contribution in [0.3, 0.4) is 0 Å². The van der Waals surface area contributed by atoms with Gasteiger partial charge in [-0.05, 0) is 29.1 Å². The van der Waals surface area contributed by atoms with E-state index < -0.39 is 0 Å². The van der Waals surface area contributed by atoms with Crippen LogP contribution < -0.4 is 9.70 Å². The summed E-state index contributed by atoms with van der Waals surface area (Å²) in [6, 6.07) is 11.9. The van der Waals surface area contributed by atoms with Crippen LogP contribution in [0.4, 0.5) is 0 Å². The Kier molecular flexibility index (Phi) is 6.72. The van der Waals surface area contributed by atoms with E-state index in [0.717, 1.165) is 55.5 Å². The molecular weight excluding hydrogens is 412 g/mol. The molecule has 5 nitrogen and oxygen atoms in total. The molecule has 2 aromatic heterocycles. The van der Waals surface area contributed by atoms with Crippen molar-refractivity contribution in [2.45, 2.75) is 0 Å². The minimum atomic E-state index is 0.705. The van der Waals surface area contributed by atoms with E-state index in [9.17, 15) is 0 Å². The Hall–Kier alpha value is -1.77. The van der Waals surface area contributed by atoms with Gasteiger partial charge in [0.25, 0.3) is 0 Å². The van der Waals surface area contributed by atoms with E-state index in [4.69, 9.17) is 26.4 Å². The summed E-state index contributed by atoms with van der Waals surface area (Å²) in [6.45, 7) is 5.63. The molecule has 1 aromatic carbocycles. The van der Waals surface area contributed by atoms with Crippen LogP contribution >= 0.6 is 34.3 Å². The van der Waals surface area contributed by atoms with Crippen molar-refractivity contribution in [3.8, 4) is 10.6 Å². The molecule has 0 radical (unpaired) electrons. The van der Waals surface area contributed by atoms with E-state index in [1.807, 2.05) is 35.2 Å². The Morgan fingerprint density at radius 1 is 1.18 bits per heavy atom. The van der Waals surface area contributed by atoms with Crippen LogP contribution in [0.25, 0.3) is 10.6 Å². The van der Waals surface area contributed by atoms with E-state index in [1.54, 1.807) is 27.6 Å². The maximum atomic E-state index is 6.10. The molecule has 28 heavy (non-hydrogen) atoms. The van der Waals surface area contributed by atoms with Crippen molar-refractivity contribution >= 4 is 40.5 Å². The largest absolute Gasteiger partial charge is 0.370 e. The molecule has 0 bridgehead atoms. The lowest BCUT2D eigenvalue weighted by Crippen LogP contribution is -3.14. The topological polar surface area (TPSA) is 43.3 Å². The summed E-state index contributed by atoms with van der Waals surface area (Å²) in [6.07, 6.45) is 1.84. The van der Waals surface area contributed by atoms with Gasteiger partial charge in [0.1, 0.15) is 13.1 Å². The van der Waals surface area contributed by atoms with Crippen molar-refractivity contribution in [3.63, 3.8) is 0 Å². The first-order valence-corrected chi connectivity index (χ1v) is 11.4. The third-order valence-corrected chi connectivity index (χ3v) is 6.52. The van der Waals surface area contributed by atoms with Crippen molar-refractivity contribution in [1.82, 2.24) is 4.68 Å². The number of thiazole rings is 1. The van der Waals surface area contributed by atoms with E-state index in [-0.39, 0.29) is 0 Å². The number of nitrogens with zero attached hydrogens (tertiary/aromatic N) is 3. The van der Waals surface area contributed by atoms with Crippen molar-refractivity contribution < 1.29 is 9.64 Å². The van der Waals surface area contributed by atoms with Crippen LogP contribution in [0.1, 0.15) is 5.56 Å². The zero-order valence-electron chi connectivity index (χ0n) is 15.4. The lowest BCUT2D eigenvalue weighted by atomic mass is 10.2. The highest BCUT2D eigenvalue weighted by Gasteiger charge is 2.13. The van der Waals surface area contributed by atoms with Crippen LogP contribution in [-0.4, -0.2) is 50.3 Å². The third-order valence-electron chi connectivity index (χ3n) is 4.54. The van der Waals surface area contributed by atoms with Gasteiger partial charge in [-0.2, -0.15) is 5.10 Å². The highest BCUT2D eigenvalue weighted by molar-refractivity contribution is 7.14. The number of hydrogen-bond acceptors (Lipinski definition) is 5. The molecule has 1 N–H and O–H groups in total. The van der Waals surface area contributed by atoms with Gasteiger partial charge in [0, 0.05) is 10.4 Å². The van der Waals surface area contributed by atoms with Gasteiger partial charge in [0.15, 0.2) is 0 Å².